The number of rotatable bonds is 7. The molecule has 0 radical (unpaired) electrons. The van der Waals surface area contributed by atoms with Crippen LogP contribution in [0.25, 0.3) is 40.0 Å². The van der Waals surface area contributed by atoms with E-state index in [0.29, 0.717) is 34.0 Å². The van der Waals surface area contributed by atoms with E-state index in [2.05, 4.69) is 36.3 Å². The molecular formula is C31H27ClN2O3. The molecule has 6 heteroatoms. The van der Waals surface area contributed by atoms with Crippen LogP contribution in [0.4, 0.5) is 5.69 Å². The molecule has 0 fully saturated rings. The van der Waals surface area contributed by atoms with Crippen molar-refractivity contribution >= 4 is 40.4 Å². The number of amides is 1. The van der Waals surface area contributed by atoms with E-state index in [-0.39, 0.29) is 5.91 Å². The molecule has 5 nitrogen and oxygen atoms in total. The molecule has 186 valence electrons. The fourth-order valence-electron chi connectivity index (χ4n) is 3.99. The number of benzene rings is 3. The summed E-state index contributed by atoms with van der Waals surface area (Å²) in [5.74, 6) is 2.03. The molecule has 5 rings (SSSR count). The summed E-state index contributed by atoms with van der Waals surface area (Å²) in [6.45, 7) is 6.33. The van der Waals surface area contributed by atoms with Crippen LogP contribution in [0, 0.1) is 6.92 Å². The number of hydrogen-bond acceptors (Lipinski definition) is 4. The third-order valence-corrected chi connectivity index (χ3v) is 6.88. The molecule has 2 aromatic heterocycles. The number of aryl methyl sites for hydroxylation is 1. The van der Waals surface area contributed by atoms with Gasteiger partial charge in [0.15, 0.2) is 5.58 Å². The Bertz CT molecular complexity index is 1590. The Morgan fingerprint density at radius 2 is 1.78 bits per heavy atom. The summed E-state index contributed by atoms with van der Waals surface area (Å²) < 4.78 is 11.8. The van der Waals surface area contributed by atoms with Crippen LogP contribution in [-0.4, -0.2) is 10.9 Å². The van der Waals surface area contributed by atoms with Gasteiger partial charge in [0.2, 0.25) is 11.8 Å². The van der Waals surface area contributed by atoms with Crippen molar-refractivity contribution in [3.8, 4) is 22.8 Å². The van der Waals surface area contributed by atoms with Crippen LogP contribution in [0.15, 0.2) is 87.7 Å². The van der Waals surface area contributed by atoms with Crippen LogP contribution in [0.5, 0.6) is 0 Å². The number of nitrogens with zero attached hydrogens (tertiary/aromatic N) is 1. The zero-order chi connectivity index (χ0) is 25.9. The molecular weight excluding hydrogens is 484 g/mol. The summed E-state index contributed by atoms with van der Waals surface area (Å²) in [4.78, 5) is 17.1. The SMILES string of the molecule is CCC(C)c1ccc2oc(-c3ccc(NC(=O)/C=C/c4ccc(-c5ccc(C)c(Cl)c5)o4)cc3)nc2c1. The maximum Gasteiger partial charge on any atom is 0.248 e. The van der Waals surface area contributed by atoms with Crippen molar-refractivity contribution in [3.63, 3.8) is 0 Å². The summed E-state index contributed by atoms with van der Waals surface area (Å²) in [7, 11) is 0. The molecule has 1 unspecified atom stereocenters. The molecule has 0 bridgehead atoms. The molecule has 0 saturated heterocycles. The first-order chi connectivity index (χ1) is 17.9. The number of aromatic nitrogens is 1. The number of hydrogen-bond donors (Lipinski definition) is 1. The Balaban J connectivity index is 1.23. The fraction of sp³-hybridized carbons (Fsp3) is 0.161. The second-order valence-electron chi connectivity index (χ2n) is 9.12. The van der Waals surface area contributed by atoms with E-state index in [9.17, 15) is 4.79 Å². The van der Waals surface area contributed by atoms with Crippen molar-refractivity contribution in [2.45, 2.75) is 33.1 Å². The quantitative estimate of drug-likeness (QED) is 0.222. The largest absolute Gasteiger partial charge is 0.457 e. The van der Waals surface area contributed by atoms with Crippen molar-refractivity contribution in [3.05, 3.63) is 101 Å². The molecule has 1 atom stereocenters. The van der Waals surface area contributed by atoms with Crippen LogP contribution >= 0.6 is 11.6 Å². The number of carbonyl (C=O) groups is 1. The van der Waals surface area contributed by atoms with E-state index < -0.39 is 0 Å². The highest BCUT2D eigenvalue weighted by Gasteiger charge is 2.11. The number of halogens is 1. The predicted molar refractivity (Wildman–Crippen MR) is 150 cm³/mol. The van der Waals surface area contributed by atoms with Crippen LogP contribution in [0.1, 0.15) is 43.1 Å². The Kier molecular flexibility index (Phi) is 6.97. The van der Waals surface area contributed by atoms with Gasteiger partial charge in [0.1, 0.15) is 17.0 Å². The third-order valence-electron chi connectivity index (χ3n) is 6.47. The van der Waals surface area contributed by atoms with Crippen molar-refractivity contribution in [1.29, 1.82) is 0 Å². The Morgan fingerprint density at radius 1 is 1.00 bits per heavy atom. The number of fused-ring (bicyclic) bond motifs is 1. The lowest BCUT2D eigenvalue weighted by Crippen LogP contribution is -2.07. The summed E-state index contributed by atoms with van der Waals surface area (Å²) in [6, 6.07) is 23.0. The van der Waals surface area contributed by atoms with Crippen molar-refractivity contribution < 1.29 is 13.6 Å². The van der Waals surface area contributed by atoms with Crippen molar-refractivity contribution in [1.82, 2.24) is 4.98 Å². The van der Waals surface area contributed by atoms with Gasteiger partial charge < -0.3 is 14.2 Å². The second kappa shape index (κ2) is 10.5. The van der Waals surface area contributed by atoms with Gasteiger partial charge in [-0.25, -0.2) is 4.98 Å². The van der Waals surface area contributed by atoms with Gasteiger partial charge in [-0.2, -0.15) is 0 Å². The minimum Gasteiger partial charge on any atom is -0.457 e. The lowest BCUT2D eigenvalue weighted by molar-refractivity contribution is -0.111. The van der Waals surface area contributed by atoms with E-state index in [1.807, 2.05) is 67.6 Å². The molecule has 0 aliphatic carbocycles. The smallest absolute Gasteiger partial charge is 0.248 e. The molecule has 0 aliphatic rings. The summed E-state index contributed by atoms with van der Waals surface area (Å²) in [6.07, 6.45) is 4.15. The molecule has 0 aliphatic heterocycles. The first kappa shape index (κ1) is 24.6. The van der Waals surface area contributed by atoms with E-state index in [1.54, 1.807) is 6.08 Å². The molecule has 5 aromatic rings. The lowest BCUT2D eigenvalue weighted by atomic mass is 9.98. The number of oxazole rings is 1. The summed E-state index contributed by atoms with van der Waals surface area (Å²) in [5, 5.41) is 3.54. The normalized spacial score (nSPS) is 12.3. The van der Waals surface area contributed by atoms with Gasteiger partial charge in [-0.3, -0.25) is 4.79 Å². The number of anilines is 1. The predicted octanol–water partition coefficient (Wildman–Crippen LogP) is 8.88. The zero-order valence-corrected chi connectivity index (χ0v) is 21.7. The molecule has 3 aromatic carbocycles. The molecule has 0 saturated carbocycles. The van der Waals surface area contributed by atoms with Crippen LogP contribution in [0.3, 0.4) is 0 Å². The molecule has 1 amide bonds. The van der Waals surface area contributed by atoms with Crippen molar-refractivity contribution in [2.24, 2.45) is 0 Å². The topological polar surface area (TPSA) is 68.3 Å². The van der Waals surface area contributed by atoms with Gasteiger partial charge >= 0.3 is 0 Å². The molecule has 0 spiro atoms. The average molecular weight is 511 g/mol. The first-order valence-electron chi connectivity index (χ1n) is 12.3. The highest BCUT2D eigenvalue weighted by molar-refractivity contribution is 6.31. The van der Waals surface area contributed by atoms with E-state index in [4.69, 9.17) is 20.4 Å². The fourth-order valence-corrected chi connectivity index (χ4v) is 4.17. The van der Waals surface area contributed by atoms with Gasteiger partial charge in [-0.05, 0) is 91.1 Å². The zero-order valence-electron chi connectivity index (χ0n) is 20.9. The summed E-state index contributed by atoms with van der Waals surface area (Å²) >= 11 is 6.22. The van der Waals surface area contributed by atoms with Crippen LogP contribution in [-0.2, 0) is 4.79 Å². The highest BCUT2D eigenvalue weighted by Crippen LogP contribution is 2.29. The lowest BCUT2D eigenvalue weighted by Gasteiger charge is -2.07. The monoisotopic (exact) mass is 510 g/mol. The number of furan rings is 1. The maximum atomic E-state index is 12.4. The van der Waals surface area contributed by atoms with Gasteiger partial charge in [-0.15, -0.1) is 0 Å². The minimum atomic E-state index is -0.261. The molecule has 2 heterocycles. The van der Waals surface area contributed by atoms with Crippen molar-refractivity contribution in [2.75, 3.05) is 5.32 Å². The van der Waals surface area contributed by atoms with Gasteiger partial charge in [0.25, 0.3) is 0 Å². The third kappa shape index (κ3) is 5.52. The van der Waals surface area contributed by atoms with E-state index in [0.717, 1.165) is 34.2 Å². The average Bonchev–Trinajstić information content (AvgIpc) is 3.56. The number of carbonyl (C=O) groups excluding carboxylic acids is 1. The molecule has 1 N–H and O–H groups in total. The minimum absolute atomic E-state index is 0.261. The van der Waals surface area contributed by atoms with Gasteiger partial charge in [0, 0.05) is 27.9 Å². The van der Waals surface area contributed by atoms with Gasteiger partial charge in [0.05, 0.1) is 0 Å². The van der Waals surface area contributed by atoms with Crippen LogP contribution < -0.4 is 5.32 Å². The van der Waals surface area contributed by atoms with E-state index >= 15 is 0 Å². The maximum absolute atomic E-state index is 12.4. The number of nitrogens with one attached hydrogen (secondary N) is 1. The summed E-state index contributed by atoms with van der Waals surface area (Å²) in [5.41, 5.74) is 6.27. The highest BCUT2D eigenvalue weighted by atomic mass is 35.5. The van der Waals surface area contributed by atoms with E-state index in [1.165, 1.54) is 11.6 Å². The Hall–Kier alpha value is -4.09. The first-order valence-corrected chi connectivity index (χ1v) is 12.6. The Morgan fingerprint density at radius 3 is 2.54 bits per heavy atom. The van der Waals surface area contributed by atoms with Crippen LogP contribution in [0.2, 0.25) is 5.02 Å². The Labute approximate surface area is 220 Å². The molecule has 37 heavy (non-hydrogen) atoms. The standard InChI is InChI=1S/C31H27ClN2O3/c1-4-19(2)22-9-14-29-27(18-22)34-31(37-29)21-7-10-24(11-8-21)33-30(35)16-13-25-12-15-28(36-25)23-6-5-20(3)26(32)17-23/h5-19H,4H2,1-3H3,(H,33,35)/b16-13+. The van der Waals surface area contributed by atoms with Gasteiger partial charge in [-0.1, -0.05) is 43.6 Å². The second-order valence-corrected chi connectivity index (χ2v) is 9.53.